The smallest absolute Gasteiger partial charge is 0.224 e. The molecule has 0 saturated carbocycles. The lowest BCUT2D eigenvalue weighted by atomic mass is 10.1. The molecule has 110 valence electrons. The molecule has 20 heavy (non-hydrogen) atoms. The Hall–Kier alpha value is -1.55. The maximum absolute atomic E-state index is 12.1. The van der Waals surface area contributed by atoms with Crippen molar-refractivity contribution in [2.45, 2.75) is 32.7 Å². The fraction of sp³-hybridized carbons (Fsp3) is 0.562. The number of anilines is 1. The van der Waals surface area contributed by atoms with Crippen molar-refractivity contribution >= 4 is 11.6 Å². The van der Waals surface area contributed by atoms with Crippen LogP contribution >= 0.6 is 0 Å². The summed E-state index contributed by atoms with van der Waals surface area (Å²) in [5.74, 6) is 0.0834. The highest BCUT2D eigenvalue weighted by molar-refractivity contribution is 5.81. The van der Waals surface area contributed by atoms with E-state index in [9.17, 15) is 4.79 Å². The zero-order valence-corrected chi connectivity index (χ0v) is 12.7. The maximum atomic E-state index is 12.1. The number of piperazine rings is 1. The Kier molecular flexibility index (Phi) is 4.65. The van der Waals surface area contributed by atoms with Crippen LogP contribution in [0.25, 0.3) is 0 Å². The number of carbonyl (C=O) groups is 1. The largest absolute Gasteiger partial charge is 0.369 e. The van der Waals surface area contributed by atoms with E-state index in [1.165, 1.54) is 5.69 Å². The maximum Gasteiger partial charge on any atom is 0.224 e. The monoisotopic (exact) mass is 275 g/mol. The highest BCUT2D eigenvalue weighted by Crippen LogP contribution is 2.21. The zero-order chi connectivity index (χ0) is 14.6. The van der Waals surface area contributed by atoms with Gasteiger partial charge < -0.3 is 15.5 Å². The molecule has 4 heteroatoms. The third-order valence-corrected chi connectivity index (χ3v) is 3.31. The molecule has 2 N–H and O–H groups in total. The summed E-state index contributed by atoms with van der Waals surface area (Å²) in [6.07, 6.45) is 0.442. The van der Waals surface area contributed by atoms with Crippen LogP contribution in [0, 0.1) is 0 Å². The van der Waals surface area contributed by atoms with E-state index in [1.807, 2.05) is 32.9 Å². The molecule has 1 aromatic rings. The number of hydrogen-bond donors (Lipinski definition) is 2. The minimum atomic E-state index is -0.179. The number of nitrogens with zero attached hydrogens (tertiary/aromatic N) is 1. The Morgan fingerprint density at radius 3 is 2.55 bits per heavy atom. The van der Waals surface area contributed by atoms with Crippen molar-refractivity contribution in [2.75, 3.05) is 31.1 Å². The molecule has 1 saturated heterocycles. The number of carbonyl (C=O) groups excluding carboxylic acids is 1. The van der Waals surface area contributed by atoms with Gasteiger partial charge in [0.2, 0.25) is 5.91 Å². The van der Waals surface area contributed by atoms with Crippen LogP contribution in [-0.4, -0.2) is 37.6 Å². The summed E-state index contributed by atoms with van der Waals surface area (Å²) in [6, 6.07) is 8.22. The van der Waals surface area contributed by atoms with E-state index in [0.29, 0.717) is 6.42 Å². The van der Waals surface area contributed by atoms with E-state index in [1.54, 1.807) is 0 Å². The Labute approximate surface area is 121 Å². The summed E-state index contributed by atoms with van der Waals surface area (Å²) < 4.78 is 0. The van der Waals surface area contributed by atoms with Crippen molar-refractivity contribution in [1.82, 2.24) is 10.6 Å². The molecular formula is C16H25N3O. The van der Waals surface area contributed by atoms with Crippen LogP contribution in [0.15, 0.2) is 24.3 Å². The van der Waals surface area contributed by atoms with Crippen molar-refractivity contribution in [1.29, 1.82) is 0 Å². The van der Waals surface area contributed by atoms with Gasteiger partial charge in [-0.05, 0) is 32.4 Å². The first kappa shape index (κ1) is 14.9. The standard InChI is InChI=1S/C16H25N3O/c1-16(2,3)18-15(20)12-13-6-4-5-7-14(13)19-10-8-17-9-11-19/h4-7,17H,8-12H2,1-3H3,(H,18,20). The van der Waals surface area contributed by atoms with Crippen molar-refractivity contribution in [3.63, 3.8) is 0 Å². The van der Waals surface area contributed by atoms with Gasteiger partial charge in [0.1, 0.15) is 0 Å². The number of benzene rings is 1. The molecule has 1 heterocycles. The Morgan fingerprint density at radius 1 is 1.25 bits per heavy atom. The molecule has 4 nitrogen and oxygen atoms in total. The summed E-state index contributed by atoms with van der Waals surface area (Å²) in [7, 11) is 0. The number of hydrogen-bond acceptors (Lipinski definition) is 3. The topological polar surface area (TPSA) is 44.4 Å². The van der Waals surface area contributed by atoms with E-state index in [4.69, 9.17) is 0 Å². The third kappa shape index (κ3) is 4.23. The fourth-order valence-corrected chi connectivity index (χ4v) is 2.51. The van der Waals surface area contributed by atoms with E-state index in [0.717, 1.165) is 31.7 Å². The van der Waals surface area contributed by atoms with Crippen LogP contribution in [0.3, 0.4) is 0 Å². The van der Waals surface area contributed by atoms with Crippen molar-refractivity contribution in [3.05, 3.63) is 29.8 Å². The molecule has 0 atom stereocenters. The molecule has 2 rings (SSSR count). The van der Waals surface area contributed by atoms with Gasteiger partial charge in [-0.15, -0.1) is 0 Å². The zero-order valence-electron chi connectivity index (χ0n) is 12.7. The van der Waals surface area contributed by atoms with Crippen LogP contribution in [0.4, 0.5) is 5.69 Å². The van der Waals surface area contributed by atoms with Crippen molar-refractivity contribution in [2.24, 2.45) is 0 Å². The number of rotatable bonds is 3. The van der Waals surface area contributed by atoms with Gasteiger partial charge in [0.05, 0.1) is 6.42 Å². The van der Waals surface area contributed by atoms with Crippen LogP contribution < -0.4 is 15.5 Å². The van der Waals surface area contributed by atoms with Crippen molar-refractivity contribution < 1.29 is 4.79 Å². The molecular weight excluding hydrogens is 250 g/mol. The molecule has 1 fully saturated rings. The Bertz CT molecular complexity index is 459. The predicted molar refractivity (Wildman–Crippen MR) is 83.1 cm³/mol. The van der Waals surface area contributed by atoms with Crippen LogP contribution in [0.2, 0.25) is 0 Å². The van der Waals surface area contributed by atoms with Gasteiger partial charge >= 0.3 is 0 Å². The molecule has 0 bridgehead atoms. The van der Waals surface area contributed by atoms with Gasteiger partial charge in [-0.25, -0.2) is 0 Å². The second-order valence-corrected chi connectivity index (χ2v) is 6.34. The fourth-order valence-electron chi connectivity index (χ4n) is 2.51. The summed E-state index contributed by atoms with van der Waals surface area (Å²) in [4.78, 5) is 14.5. The summed E-state index contributed by atoms with van der Waals surface area (Å²) in [5, 5.41) is 6.38. The summed E-state index contributed by atoms with van der Waals surface area (Å²) in [6.45, 7) is 10.0. The van der Waals surface area contributed by atoms with Gasteiger partial charge in [-0.1, -0.05) is 18.2 Å². The number of para-hydroxylation sites is 1. The van der Waals surface area contributed by atoms with E-state index in [-0.39, 0.29) is 11.4 Å². The number of nitrogens with one attached hydrogen (secondary N) is 2. The SMILES string of the molecule is CC(C)(C)NC(=O)Cc1ccccc1N1CCNCC1. The molecule has 1 aliphatic rings. The Morgan fingerprint density at radius 2 is 1.90 bits per heavy atom. The van der Waals surface area contributed by atoms with Crippen LogP contribution in [0.5, 0.6) is 0 Å². The van der Waals surface area contributed by atoms with E-state index in [2.05, 4.69) is 27.7 Å². The van der Waals surface area contributed by atoms with Gasteiger partial charge in [0, 0.05) is 37.4 Å². The first-order chi connectivity index (χ1) is 9.46. The van der Waals surface area contributed by atoms with Crippen LogP contribution in [-0.2, 0) is 11.2 Å². The average molecular weight is 275 g/mol. The second-order valence-electron chi connectivity index (χ2n) is 6.34. The van der Waals surface area contributed by atoms with E-state index < -0.39 is 0 Å². The highest BCUT2D eigenvalue weighted by Gasteiger charge is 2.18. The Balaban J connectivity index is 2.09. The van der Waals surface area contributed by atoms with Gasteiger partial charge in [0.25, 0.3) is 0 Å². The lowest BCUT2D eigenvalue weighted by Crippen LogP contribution is -2.44. The molecule has 1 aromatic carbocycles. The summed E-state index contributed by atoms with van der Waals surface area (Å²) in [5.41, 5.74) is 2.12. The van der Waals surface area contributed by atoms with Gasteiger partial charge in [0.15, 0.2) is 0 Å². The molecule has 0 spiro atoms. The molecule has 0 aliphatic carbocycles. The third-order valence-electron chi connectivity index (χ3n) is 3.31. The first-order valence-corrected chi connectivity index (χ1v) is 7.30. The highest BCUT2D eigenvalue weighted by atomic mass is 16.1. The lowest BCUT2D eigenvalue weighted by Gasteiger charge is -2.31. The van der Waals surface area contributed by atoms with Crippen LogP contribution in [0.1, 0.15) is 26.3 Å². The lowest BCUT2D eigenvalue weighted by molar-refractivity contribution is -0.121. The summed E-state index contributed by atoms with van der Waals surface area (Å²) >= 11 is 0. The molecule has 0 unspecified atom stereocenters. The predicted octanol–water partition coefficient (Wildman–Crippen LogP) is 1.55. The minimum absolute atomic E-state index is 0.0834. The number of amides is 1. The van der Waals surface area contributed by atoms with Gasteiger partial charge in [-0.2, -0.15) is 0 Å². The van der Waals surface area contributed by atoms with E-state index >= 15 is 0 Å². The van der Waals surface area contributed by atoms with Crippen molar-refractivity contribution in [3.8, 4) is 0 Å². The second kappa shape index (κ2) is 6.27. The molecule has 0 radical (unpaired) electrons. The van der Waals surface area contributed by atoms with Gasteiger partial charge in [-0.3, -0.25) is 4.79 Å². The minimum Gasteiger partial charge on any atom is -0.369 e. The average Bonchev–Trinajstić information content (AvgIpc) is 2.38. The quantitative estimate of drug-likeness (QED) is 0.880. The molecule has 0 aromatic heterocycles. The molecule has 1 aliphatic heterocycles. The molecule has 1 amide bonds. The first-order valence-electron chi connectivity index (χ1n) is 7.30. The normalized spacial score (nSPS) is 16.1.